The largest absolute Gasteiger partial charge is 0.439 e. The lowest BCUT2D eigenvalue weighted by molar-refractivity contribution is 0.121. The van der Waals surface area contributed by atoms with E-state index in [1.165, 1.54) is 32.1 Å². The van der Waals surface area contributed by atoms with E-state index in [9.17, 15) is 0 Å². The molecule has 2 heterocycles. The molecule has 1 fully saturated rings. The van der Waals surface area contributed by atoms with Gasteiger partial charge in [0, 0.05) is 6.04 Å². The fourth-order valence-electron chi connectivity index (χ4n) is 3.19. The summed E-state index contributed by atoms with van der Waals surface area (Å²) >= 11 is 0. The van der Waals surface area contributed by atoms with Crippen LogP contribution in [0.1, 0.15) is 44.9 Å². The first kappa shape index (κ1) is 13.4. The molecule has 0 aliphatic carbocycles. The van der Waals surface area contributed by atoms with Crippen molar-refractivity contribution in [2.75, 3.05) is 12.3 Å². The molecule has 0 amide bonds. The average molecular weight is 273 g/mol. The molecule has 0 saturated carbocycles. The van der Waals surface area contributed by atoms with E-state index in [1.54, 1.807) is 0 Å². The average Bonchev–Trinajstić information content (AvgIpc) is 2.85. The Morgan fingerprint density at radius 2 is 2.30 bits per heavy atom. The van der Waals surface area contributed by atoms with Crippen molar-refractivity contribution in [2.24, 2.45) is 0 Å². The minimum atomic E-state index is 0.682. The van der Waals surface area contributed by atoms with E-state index in [4.69, 9.17) is 10.2 Å². The summed E-state index contributed by atoms with van der Waals surface area (Å²) in [7, 11) is 0. The number of fused-ring (bicyclic) bond motifs is 1. The molecule has 20 heavy (non-hydrogen) atoms. The normalized spacial score (nSPS) is 20.6. The maximum absolute atomic E-state index is 5.94. The second-order valence-corrected chi connectivity index (χ2v) is 5.71. The molecule has 2 aromatic rings. The van der Waals surface area contributed by atoms with Crippen LogP contribution >= 0.6 is 0 Å². The topological polar surface area (TPSA) is 55.3 Å². The van der Waals surface area contributed by atoms with Gasteiger partial charge in [-0.2, -0.15) is 0 Å². The number of para-hydroxylation sites is 1. The Hall–Kier alpha value is -1.55. The summed E-state index contributed by atoms with van der Waals surface area (Å²) in [6.07, 6.45) is 6.44. The number of likely N-dealkylation sites (tertiary alicyclic amines) is 1. The highest BCUT2D eigenvalue weighted by Gasteiger charge is 2.23. The number of nitrogens with two attached hydrogens (primary N) is 1. The summed E-state index contributed by atoms with van der Waals surface area (Å²) in [6.45, 7) is 4.21. The van der Waals surface area contributed by atoms with E-state index in [2.05, 4.69) is 16.8 Å². The number of nitrogens with zero attached hydrogens (tertiary/aromatic N) is 2. The number of benzene rings is 1. The molecule has 0 bridgehead atoms. The van der Waals surface area contributed by atoms with E-state index >= 15 is 0 Å². The maximum atomic E-state index is 5.94. The van der Waals surface area contributed by atoms with Gasteiger partial charge in [0.05, 0.1) is 12.2 Å². The number of oxazole rings is 1. The molecule has 0 radical (unpaired) electrons. The summed E-state index contributed by atoms with van der Waals surface area (Å²) in [5.74, 6) is 0.793. The first-order valence-corrected chi connectivity index (χ1v) is 7.66. The zero-order chi connectivity index (χ0) is 13.9. The number of nitrogen functional groups attached to an aromatic ring is 1. The molecule has 1 unspecified atom stereocenters. The minimum Gasteiger partial charge on any atom is -0.439 e. The summed E-state index contributed by atoms with van der Waals surface area (Å²) < 4.78 is 5.85. The SMILES string of the molecule is CCCC1CCCCN1Cc1nc2c(N)cccc2o1. The number of hydrogen-bond acceptors (Lipinski definition) is 4. The molecule has 2 N–H and O–H groups in total. The third-order valence-corrected chi connectivity index (χ3v) is 4.20. The third-order valence-electron chi connectivity index (χ3n) is 4.20. The van der Waals surface area contributed by atoms with Crippen molar-refractivity contribution in [3.63, 3.8) is 0 Å². The number of rotatable bonds is 4. The highest BCUT2D eigenvalue weighted by Crippen LogP contribution is 2.25. The molecule has 3 rings (SSSR count). The van der Waals surface area contributed by atoms with E-state index in [1.807, 2.05) is 18.2 Å². The van der Waals surface area contributed by atoms with Crippen molar-refractivity contribution in [3.8, 4) is 0 Å². The van der Waals surface area contributed by atoms with Gasteiger partial charge in [-0.25, -0.2) is 4.98 Å². The van der Waals surface area contributed by atoms with Crippen molar-refractivity contribution in [2.45, 2.75) is 51.6 Å². The Morgan fingerprint density at radius 3 is 3.10 bits per heavy atom. The monoisotopic (exact) mass is 273 g/mol. The first-order valence-electron chi connectivity index (χ1n) is 7.66. The number of anilines is 1. The molecular weight excluding hydrogens is 250 g/mol. The number of aromatic nitrogens is 1. The van der Waals surface area contributed by atoms with Crippen molar-refractivity contribution < 1.29 is 4.42 Å². The van der Waals surface area contributed by atoms with Gasteiger partial charge < -0.3 is 10.2 Å². The molecule has 4 nitrogen and oxygen atoms in total. The molecule has 1 aliphatic heterocycles. The molecule has 108 valence electrons. The van der Waals surface area contributed by atoms with Crippen molar-refractivity contribution in [1.29, 1.82) is 0 Å². The molecule has 1 aliphatic rings. The summed E-state index contributed by atoms with van der Waals surface area (Å²) in [5, 5.41) is 0. The standard InChI is InChI=1S/C16H23N3O/c1-2-6-12-7-3-4-10-19(12)11-15-18-16-13(17)8-5-9-14(16)20-15/h5,8-9,12H,2-4,6-7,10-11,17H2,1H3. The van der Waals surface area contributed by atoms with Gasteiger partial charge in [-0.05, 0) is 37.9 Å². The second kappa shape index (κ2) is 5.83. The van der Waals surface area contributed by atoms with Gasteiger partial charge in [0.2, 0.25) is 5.89 Å². The Morgan fingerprint density at radius 1 is 1.40 bits per heavy atom. The van der Waals surface area contributed by atoms with Crippen LogP contribution in [0.4, 0.5) is 5.69 Å². The Kier molecular flexibility index (Phi) is 3.92. The zero-order valence-electron chi connectivity index (χ0n) is 12.1. The lowest BCUT2D eigenvalue weighted by Crippen LogP contribution is -2.38. The molecule has 1 atom stereocenters. The van der Waals surface area contributed by atoms with Crippen LogP contribution in [0.25, 0.3) is 11.1 Å². The molecule has 1 saturated heterocycles. The number of piperidine rings is 1. The van der Waals surface area contributed by atoms with E-state index in [-0.39, 0.29) is 0 Å². The molecule has 1 aromatic heterocycles. The van der Waals surface area contributed by atoms with Crippen LogP contribution in [0.5, 0.6) is 0 Å². The third kappa shape index (κ3) is 2.66. The predicted molar refractivity (Wildman–Crippen MR) is 81.4 cm³/mol. The quantitative estimate of drug-likeness (QED) is 0.865. The van der Waals surface area contributed by atoms with Crippen LogP contribution in [0.15, 0.2) is 22.6 Å². The predicted octanol–water partition coefficient (Wildman–Crippen LogP) is 3.56. The Bertz CT molecular complexity index is 576. The molecule has 0 spiro atoms. The second-order valence-electron chi connectivity index (χ2n) is 5.71. The lowest BCUT2D eigenvalue weighted by atomic mass is 9.98. The van der Waals surface area contributed by atoms with Crippen LogP contribution in [0.2, 0.25) is 0 Å². The van der Waals surface area contributed by atoms with E-state index in [0.29, 0.717) is 11.7 Å². The molecular formula is C16H23N3O. The highest BCUT2D eigenvalue weighted by molar-refractivity contribution is 5.85. The van der Waals surface area contributed by atoms with Gasteiger partial charge in [-0.1, -0.05) is 25.8 Å². The highest BCUT2D eigenvalue weighted by atomic mass is 16.3. The van der Waals surface area contributed by atoms with Crippen LogP contribution in [0, 0.1) is 0 Å². The Balaban J connectivity index is 1.79. The van der Waals surface area contributed by atoms with Crippen LogP contribution in [0.3, 0.4) is 0 Å². The van der Waals surface area contributed by atoms with Crippen molar-refractivity contribution in [1.82, 2.24) is 9.88 Å². The van der Waals surface area contributed by atoms with Crippen LogP contribution in [-0.2, 0) is 6.54 Å². The summed E-state index contributed by atoms with van der Waals surface area (Å²) in [5.41, 5.74) is 8.23. The van der Waals surface area contributed by atoms with E-state index in [0.717, 1.165) is 30.1 Å². The van der Waals surface area contributed by atoms with Gasteiger partial charge in [0.1, 0.15) is 5.52 Å². The van der Waals surface area contributed by atoms with Crippen LogP contribution < -0.4 is 5.73 Å². The Labute approximate surface area is 120 Å². The minimum absolute atomic E-state index is 0.682. The van der Waals surface area contributed by atoms with Crippen LogP contribution in [-0.4, -0.2) is 22.5 Å². The maximum Gasteiger partial charge on any atom is 0.209 e. The summed E-state index contributed by atoms with van der Waals surface area (Å²) in [6, 6.07) is 6.39. The summed E-state index contributed by atoms with van der Waals surface area (Å²) in [4.78, 5) is 7.09. The van der Waals surface area contributed by atoms with Gasteiger partial charge >= 0.3 is 0 Å². The van der Waals surface area contributed by atoms with E-state index < -0.39 is 0 Å². The number of hydrogen-bond donors (Lipinski definition) is 1. The molecule has 4 heteroatoms. The molecule has 1 aromatic carbocycles. The fraction of sp³-hybridized carbons (Fsp3) is 0.562. The smallest absolute Gasteiger partial charge is 0.209 e. The fourth-order valence-corrected chi connectivity index (χ4v) is 3.19. The zero-order valence-corrected chi connectivity index (χ0v) is 12.1. The van der Waals surface area contributed by atoms with Crippen molar-refractivity contribution in [3.05, 3.63) is 24.1 Å². The van der Waals surface area contributed by atoms with Gasteiger partial charge in [0.15, 0.2) is 5.58 Å². The first-order chi connectivity index (χ1) is 9.78. The van der Waals surface area contributed by atoms with Gasteiger partial charge in [-0.15, -0.1) is 0 Å². The van der Waals surface area contributed by atoms with Gasteiger partial charge in [0.25, 0.3) is 0 Å². The lowest BCUT2D eigenvalue weighted by Gasteiger charge is -2.34. The van der Waals surface area contributed by atoms with Gasteiger partial charge in [-0.3, -0.25) is 4.90 Å². The van der Waals surface area contributed by atoms with Crippen molar-refractivity contribution >= 4 is 16.8 Å².